The molecule has 0 aromatic rings. The molecule has 1 aliphatic rings. The molecule has 0 aliphatic heterocycles. The van der Waals surface area contributed by atoms with Crippen molar-refractivity contribution >= 4 is 0 Å². The van der Waals surface area contributed by atoms with Crippen LogP contribution in [0.1, 0.15) is 153 Å². The van der Waals surface area contributed by atoms with Gasteiger partial charge in [0, 0.05) is 0 Å². The molecule has 0 amide bonds. The highest BCUT2D eigenvalue weighted by molar-refractivity contribution is 5.18. The fourth-order valence-electron chi connectivity index (χ4n) is 9.26. The summed E-state index contributed by atoms with van der Waals surface area (Å²) in [7, 11) is 0. The molecule has 0 aromatic carbocycles. The van der Waals surface area contributed by atoms with Crippen LogP contribution in [0.3, 0.4) is 0 Å². The summed E-state index contributed by atoms with van der Waals surface area (Å²) in [5.41, 5.74) is 1.07. The first-order chi connectivity index (χ1) is 15.2. The van der Waals surface area contributed by atoms with Crippen LogP contribution in [-0.4, -0.2) is 0 Å². The summed E-state index contributed by atoms with van der Waals surface area (Å²) in [6.45, 7) is 27.8. The van der Waals surface area contributed by atoms with Gasteiger partial charge in [-0.3, -0.25) is 0 Å². The average Bonchev–Trinajstić information content (AvgIpc) is 2.75. The SMILES string of the molecule is CCCCC1(C(CCC)C(CCC)C(C)CCC)CC(C(C)CC)C1(C(C)C)C(C)CC. The summed E-state index contributed by atoms with van der Waals surface area (Å²) in [4.78, 5) is 0. The fraction of sp³-hybridized carbons (Fsp3) is 1.00. The van der Waals surface area contributed by atoms with Gasteiger partial charge in [0.05, 0.1) is 0 Å². The van der Waals surface area contributed by atoms with E-state index in [1.54, 1.807) is 0 Å². The van der Waals surface area contributed by atoms with Gasteiger partial charge in [-0.25, -0.2) is 0 Å². The maximum atomic E-state index is 2.66. The Morgan fingerprint density at radius 1 is 0.719 bits per heavy atom. The van der Waals surface area contributed by atoms with Crippen LogP contribution in [0.2, 0.25) is 0 Å². The first-order valence-electron chi connectivity index (χ1n) is 15.2. The van der Waals surface area contributed by atoms with E-state index in [-0.39, 0.29) is 0 Å². The zero-order chi connectivity index (χ0) is 24.5. The third kappa shape index (κ3) is 5.46. The number of hydrogen-bond acceptors (Lipinski definition) is 0. The maximum absolute atomic E-state index is 2.66. The van der Waals surface area contributed by atoms with E-state index in [0.717, 1.165) is 41.4 Å². The van der Waals surface area contributed by atoms with Gasteiger partial charge in [0.25, 0.3) is 0 Å². The molecule has 0 N–H and O–H groups in total. The van der Waals surface area contributed by atoms with E-state index in [4.69, 9.17) is 0 Å². The van der Waals surface area contributed by atoms with Crippen LogP contribution in [-0.2, 0) is 0 Å². The Bertz CT molecular complexity index is 492. The second-order valence-electron chi connectivity index (χ2n) is 12.5. The lowest BCUT2D eigenvalue weighted by atomic mass is 9.29. The molecule has 1 fully saturated rings. The summed E-state index contributed by atoms with van der Waals surface area (Å²) >= 11 is 0. The number of rotatable bonds is 17. The Morgan fingerprint density at radius 3 is 1.75 bits per heavy atom. The van der Waals surface area contributed by atoms with Crippen molar-refractivity contribution in [2.24, 2.45) is 52.3 Å². The van der Waals surface area contributed by atoms with Crippen LogP contribution >= 0.6 is 0 Å². The van der Waals surface area contributed by atoms with Gasteiger partial charge in [0.1, 0.15) is 0 Å². The molecule has 0 radical (unpaired) electrons. The van der Waals surface area contributed by atoms with E-state index in [1.807, 2.05) is 0 Å². The quantitative estimate of drug-likeness (QED) is 0.207. The van der Waals surface area contributed by atoms with Crippen molar-refractivity contribution in [2.75, 3.05) is 0 Å². The van der Waals surface area contributed by atoms with E-state index < -0.39 is 0 Å². The van der Waals surface area contributed by atoms with E-state index in [2.05, 4.69) is 76.2 Å². The molecule has 0 bridgehead atoms. The van der Waals surface area contributed by atoms with Gasteiger partial charge in [-0.2, -0.15) is 0 Å². The largest absolute Gasteiger partial charge is 0.0654 e. The lowest BCUT2D eigenvalue weighted by molar-refractivity contribution is -0.270. The van der Waals surface area contributed by atoms with E-state index in [0.29, 0.717) is 10.8 Å². The van der Waals surface area contributed by atoms with Crippen molar-refractivity contribution in [3.8, 4) is 0 Å². The predicted octanol–water partition coefficient (Wildman–Crippen LogP) is 11.2. The molecule has 0 heteroatoms. The first-order valence-corrected chi connectivity index (χ1v) is 15.2. The summed E-state index contributed by atoms with van der Waals surface area (Å²) in [6.07, 6.45) is 16.9. The summed E-state index contributed by atoms with van der Waals surface area (Å²) in [5.74, 6) is 6.09. The lowest BCUT2D eigenvalue weighted by Crippen LogP contribution is -2.69. The molecule has 1 aliphatic carbocycles. The minimum Gasteiger partial charge on any atom is -0.0654 e. The van der Waals surface area contributed by atoms with Crippen LogP contribution in [0.15, 0.2) is 0 Å². The first kappa shape index (κ1) is 30.0. The Kier molecular flexibility index (Phi) is 12.9. The van der Waals surface area contributed by atoms with Crippen LogP contribution in [0, 0.1) is 52.3 Å². The van der Waals surface area contributed by atoms with Gasteiger partial charge < -0.3 is 0 Å². The summed E-state index contributed by atoms with van der Waals surface area (Å²) in [6, 6.07) is 0. The van der Waals surface area contributed by atoms with Crippen molar-refractivity contribution in [3.63, 3.8) is 0 Å². The van der Waals surface area contributed by atoms with Gasteiger partial charge in [0.2, 0.25) is 0 Å². The van der Waals surface area contributed by atoms with Crippen LogP contribution < -0.4 is 0 Å². The zero-order valence-electron chi connectivity index (χ0n) is 24.5. The highest BCUT2D eigenvalue weighted by atomic mass is 14.7. The molecule has 0 nitrogen and oxygen atoms in total. The van der Waals surface area contributed by atoms with Crippen LogP contribution in [0.5, 0.6) is 0 Å². The molecule has 0 heterocycles. The van der Waals surface area contributed by atoms with Gasteiger partial charge in [0.15, 0.2) is 0 Å². The lowest BCUT2D eigenvalue weighted by Gasteiger charge is -2.75. The van der Waals surface area contributed by atoms with E-state index in [1.165, 1.54) is 77.0 Å². The van der Waals surface area contributed by atoms with Crippen molar-refractivity contribution in [3.05, 3.63) is 0 Å². The zero-order valence-corrected chi connectivity index (χ0v) is 24.5. The molecule has 192 valence electrons. The highest BCUT2D eigenvalue weighted by Crippen LogP contribution is 2.76. The van der Waals surface area contributed by atoms with E-state index >= 15 is 0 Å². The van der Waals surface area contributed by atoms with Crippen molar-refractivity contribution in [1.29, 1.82) is 0 Å². The predicted molar refractivity (Wildman–Crippen MR) is 147 cm³/mol. The third-order valence-corrected chi connectivity index (χ3v) is 10.7. The molecular weight excluding hydrogens is 384 g/mol. The molecule has 32 heavy (non-hydrogen) atoms. The average molecular weight is 449 g/mol. The second-order valence-corrected chi connectivity index (χ2v) is 12.5. The Hall–Kier alpha value is 0. The van der Waals surface area contributed by atoms with E-state index in [9.17, 15) is 0 Å². The molecule has 8 atom stereocenters. The van der Waals surface area contributed by atoms with Crippen LogP contribution in [0.25, 0.3) is 0 Å². The van der Waals surface area contributed by atoms with Gasteiger partial charge in [-0.15, -0.1) is 0 Å². The fourth-order valence-corrected chi connectivity index (χ4v) is 9.26. The molecule has 0 saturated heterocycles. The van der Waals surface area contributed by atoms with Crippen LogP contribution in [0.4, 0.5) is 0 Å². The van der Waals surface area contributed by atoms with Crippen molar-refractivity contribution in [1.82, 2.24) is 0 Å². The monoisotopic (exact) mass is 449 g/mol. The molecule has 0 spiro atoms. The minimum absolute atomic E-state index is 0.518. The second kappa shape index (κ2) is 13.8. The van der Waals surface area contributed by atoms with Gasteiger partial charge in [-0.1, -0.05) is 134 Å². The summed E-state index contributed by atoms with van der Waals surface area (Å²) < 4.78 is 0. The molecule has 1 saturated carbocycles. The summed E-state index contributed by atoms with van der Waals surface area (Å²) in [5, 5.41) is 0. The number of unbranched alkanes of at least 4 members (excludes halogenated alkanes) is 1. The van der Waals surface area contributed by atoms with Crippen molar-refractivity contribution in [2.45, 2.75) is 153 Å². The Balaban J connectivity index is 3.76. The van der Waals surface area contributed by atoms with Gasteiger partial charge in [-0.05, 0) is 71.5 Å². The molecule has 0 aromatic heterocycles. The maximum Gasteiger partial charge on any atom is -0.0159 e. The number of hydrogen-bond donors (Lipinski definition) is 0. The smallest absolute Gasteiger partial charge is 0.0159 e. The van der Waals surface area contributed by atoms with Crippen molar-refractivity contribution < 1.29 is 0 Å². The topological polar surface area (TPSA) is 0 Å². The normalized spacial score (nSPS) is 30.6. The third-order valence-electron chi connectivity index (χ3n) is 10.7. The molecule has 1 rings (SSSR count). The highest BCUT2D eigenvalue weighted by Gasteiger charge is 2.70. The van der Waals surface area contributed by atoms with Gasteiger partial charge >= 0.3 is 0 Å². The Labute approximate surface area is 205 Å². The standard InChI is InChI=1S/C32H64/c1-12-18-22-31(29(21-15-4)28(20-14-3)26(10)19-13-2)23-30(25(9)16-5)32(31,24(7)8)27(11)17-6/h24-30H,12-23H2,1-11H3. The molecule has 8 unspecified atom stereocenters. The minimum atomic E-state index is 0.518. The molecular formula is C32H64. The Morgan fingerprint density at radius 2 is 1.31 bits per heavy atom.